The minimum absolute atomic E-state index is 0.214. The molecular formula is C16H16O2. The van der Waals surface area contributed by atoms with Gasteiger partial charge in [-0.25, -0.2) is 0 Å². The fourth-order valence-corrected chi connectivity index (χ4v) is 2.67. The first-order chi connectivity index (χ1) is 8.75. The summed E-state index contributed by atoms with van der Waals surface area (Å²) >= 11 is 0. The topological polar surface area (TPSA) is 29.5 Å². The molecule has 3 rings (SSSR count). The van der Waals surface area contributed by atoms with Crippen LogP contribution in [0.15, 0.2) is 48.5 Å². The van der Waals surface area contributed by atoms with E-state index in [4.69, 9.17) is 4.74 Å². The van der Waals surface area contributed by atoms with Crippen LogP contribution in [0.3, 0.4) is 0 Å². The first-order valence-corrected chi connectivity index (χ1v) is 6.25. The Morgan fingerprint density at radius 2 is 1.67 bits per heavy atom. The monoisotopic (exact) mass is 240 g/mol. The molecule has 0 radical (unpaired) electrons. The molecule has 0 amide bonds. The van der Waals surface area contributed by atoms with Crippen LogP contribution in [0.1, 0.15) is 29.0 Å². The van der Waals surface area contributed by atoms with Gasteiger partial charge in [0.05, 0.1) is 0 Å². The summed E-state index contributed by atoms with van der Waals surface area (Å²) < 4.78 is 5.48. The van der Waals surface area contributed by atoms with E-state index in [1.54, 1.807) is 0 Å². The van der Waals surface area contributed by atoms with Crippen LogP contribution in [0.2, 0.25) is 0 Å². The Hall–Kier alpha value is -1.80. The first kappa shape index (κ1) is 11.3. The SMILES string of the molecule is Cc1ccccc1C1CC(O)Oc2ccccc21. The minimum atomic E-state index is -0.718. The van der Waals surface area contributed by atoms with Crippen molar-refractivity contribution >= 4 is 0 Å². The molecule has 0 aliphatic carbocycles. The number of rotatable bonds is 1. The number of aliphatic hydroxyl groups is 1. The summed E-state index contributed by atoms with van der Waals surface area (Å²) in [4.78, 5) is 0. The molecule has 1 aliphatic rings. The van der Waals surface area contributed by atoms with Gasteiger partial charge in [-0.2, -0.15) is 0 Å². The lowest BCUT2D eigenvalue weighted by atomic mass is 9.84. The predicted octanol–water partition coefficient (Wildman–Crippen LogP) is 3.23. The van der Waals surface area contributed by atoms with E-state index in [1.165, 1.54) is 11.1 Å². The zero-order valence-electron chi connectivity index (χ0n) is 10.3. The van der Waals surface area contributed by atoms with Gasteiger partial charge in [0, 0.05) is 17.9 Å². The van der Waals surface area contributed by atoms with Gasteiger partial charge in [0.25, 0.3) is 0 Å². The van der Waals surface area contributed by atoms with Crippen LogP contribution in [0, 0.1) is 6.92 Å². The summed E-state index contributed by atoms with van der Waals surface area (Å²) in [6, 6.07) is 16.3. The fourth-order valence-electron chi connectivity index (χ4n) is 2.67. The van der Waals surface area contributed by atoms with E-state index in [9.17, 15) is 5.11 Å². The third kappa shape index (κ3) is 1.89. The third-order valence-electron chi connectivity index (χ3n) is 3.56. The number of ether oxygens (including phenoxy) is 1. The molecule has 0 saturated heterocycles. The molecule has 0 bridgehead atoms. The lowest BCUT2D eigenvalue weighted by molar-refractivity contribution is -0.0359. The summed E-state index contributed by atoms with van der Waals surface area (Å²) in [5.74, 6) is 1.01. The molecule has 0 saturated carbocycles. The van der Waals surface area contributed by atoms with E-state index >= 15 is 0 Å². The van der Waals surface area contributed by atoms with Gasteiger partial charge < -0.3 is 9.84 Å². The molecule has 1 N–H and O–H groups in total. The Balaban J connectivity index is 2.11. The number of hydrogen-bond acceptors (Lipinski definition) is 2. The van der Waals surface area contributed by atoms with Gasteiger partial charge in [-0.1, -0.05) is 42.5 Å². The molecule has 2 atom stereocenters. The van der Waals surface area contributed by atoms with E-state index in [-0.39, 0.29) is 5.92 Å². The average molecular weight is 240 g/mol. The molecule has 1 heterocycles. The maximum absolute atomic E-state index is 9.86. The van der Waals surface area contributed by atoms with Gasteiger partial charge in [0.2, 0.25) is 0 Å². The molecular weight excluding hydrogens is 224 g/mol. The highest BCUT2D eigenvalue weighted by Gasteiger charge is 2.28. The molecule has 92 valence electrons. The number of hydrogen-bond donors (Lipinski definition) is 1. The van der Waals surface area contributed by atoms with Crippen LogP contribution in [0.25, 0.3) is 0 Å². The highest BCUT2D eigenvalue weighted by atomic mass is 16.6. The molecule has 2 unspecified atom stereocenters. The molecule has 2 aromatic carbocycles. The van der Waals surface area contributed by atoms with Crippen molar-refractivity contribution in [3.63, 3.8) is 0 Å². The lowest BCUT2D eigenvalue weighted by Gasteiger charge is -2.30. The zero-order chi connectivity index (χ0) is 12.5. The van der Waals surface area contributed by atoms with Crippen LogP contribution < -0.4 is 4.74 Å². The molecule has 0 fully saturated rings. The number of aryl methyl sites for hydroxylation is 1. The van der Waals surface area contributed by atoms with Crippen molar-refractivity contribution in [2.75, 3.05) is 0 Å². The Labute approximate surface area is 107 Å². The van der Waals surface area contributed by atoms with Crippen molar-refractivity contribution in [1.29, 1.82) is 0 Å². The molecule has 0 aromatic heterocycles. The Bertz CT molecular complexity index is 563. The van der Waals surface area contributed by atoms with E-state index in [1.807, 2.05) is 30.3 Å². The molecule has 0 spiro atoms. The standard InChI is InChI=1S/C16H16O2/c1-11-6-2-3-7-12(11)14-10-16(17)18-15-9-5-4-8-13(14)15/h2-9,14,16-17H,10H2,1H3. The zero-order valence-corrected chi connectivity index (χ0v) is 10.3. The number of benzene rings is 2. The van der Waals surface area contributed by atoms with Crippen LogP contribution in [0.4, 0.5) is 0 Å². The van der Waals surface area contributed by atoms with Crippen molar-refractivity contribution in [3.8, 4) is 5.75 Å². The Kier molecular flexibility index (Phi) is 2.80. The van der Waals surface area contributed by atoms with Crippen molar-refractivity contribution in [2.24, 2.45) is 0 Å². The van der Waals surface area contributed by atoms with Crippen LogP contribution >= 0.6 is 0 Å². The van der Waals surface area contributed by atoms with E-state index in [0.29, 0.717) is 6.42 Å². The number of para-hydroxylation sites is 1. The maximum Gasteiger partial charge on any atom is 0.198 e. The smallest absolute Gasteiger partial charge is 0.198 e. The second kappa shape index (κ2) is 4.46. The second-order valence-electron chi connectivity index (χ2n) is 4.76. The maximum atomic E-state index is 9.86. The highest BCUT2D eigenvalue weighted by molar-refractivity contribution is 5.45. The normalized spacial score (nSPS) is 22.1. The number of fused-ring (bicyclic) bond motifs is 1. The Morgan fingerprint density at radius 3 is 2.44 bits per heavy atom. The molecule has 1 aliphatic heterocycles. The average Bonchev–Trinajstić information content (AvgIpc) is 2.38. The van der Waals surface area contributed by atoms with Crippen LogP contribution in [-0.4, -0.2) is 11.4 Å². The second-order valence-corrected chi connectivity index (χ2v) is 4.76. The molecule has 18 heavy (non-hydrogen) atoms. The van der Waals surface area contributed by atoms with Gasteiger partial charge >= 0.3 is 0 Å². The quantitative estimate of drug-likeness (QED) is 0.829. The van der Waals surface area contributed by atoms with Crippen molar-refractivity contribution in [2.45, 2.75) is 25.6 Å². The van der Waals surface area contributed by atoms with E-state index in [2.05, 4.69) is 25.1 Å². The lowest BCUT2D eigenvalue weighted by Crippen LogP contribution is -2.25. The van der Waals surface area contributed by atoms with Crippen molar-refractivity contribution in [3.05, 3.63) is 65.2 Å². The summed E-state index contributed by atoms with van der Waals surface area (Å²) in [5, 5.41) is 9.86. The van der Waals surface area contributed by atoms with Gasteiger partial charge in [0.1, 0.15) is 5.75 Å². The van der Waals surface area contributed by atoms with Gasteiger partial charge in [-0.3, -0.25) is 0 Å². The Morgan fingerprint density at radius 1 is 1.00 bits per heavy atom. The summed E-state index contributed by atoms with van der Waals surface area (Å²) in [7, 11) is 0. The van der Waals surface area contributed by atoms with E-state index < -0.39 is 6.29 Å². The summed E-state index contributed by atoms with van der Waals surface area (Å²) in [6.45, 7) is 2.11. The largest absolute Gasteiger partial charge is 0.465 e. The summed E-state index contributed by atoms with van der Waals surface area (Å²) in [5.41, 5.74) is 3.69. The van der Waals surface area contributed by atoms with Gasteiger partial charge in [-0.05, 0) is 24.1 Å². The van der Waals surface area contributed by atoms with E-state index in [0.717, 1.165) is 11.3 Å². The van der Waals surface area contributed by atoms with Gasteiger partial charge in [0.15, 0.2) is 6.29 Å². The van der Waals surface area contributed by atoms with Crippen LogP contribution in [-0.2, 0) is 0 Å². The summed E-state index contributed by atoms with van der Waals surface area (Å²) in [6.07, 6.45) is -0.105. The third-order valence-corrected chi connectivity index (χ3v) is 3.56. The minimum Gasteiger partial charge on any atom is -0.465 e. The molecule has 2 aromatic rings. The highest BCUT2D eigenvalue weighted by Crippen LogP contribution is 2.40. The van der Waals surface area contributed by atoms with Crippen molar-refractivity contribution in [1.82, 2.24) is 0 Å². The molecule has 2 heteroatoms. The van der Waals surface area contributed by atoms with Crippen LogP contribution in [0.5, 0.6) is 5.75 Å². The van der Waals surface area contributed by atoms with Crippen molar-refractivity contribution < 1.29 is 9.84 Å². The fraction of sp³-hybridized carbons (Fsp3) is 0.250. The first-order valence-electron chi connectivity index (χ1n) is 6.25. The molecule has 2 nitrogen and oxygen atoms in total. The van der Waals surface area contributed by atoms with Gasteiger partial charge in [-0.15, -0.1) is 0 Å². The number of aliphatic hydroxyl groups excluding tert-OH is 1. The predicted molar refractivity (Wildman–Crippen MR) is 70.7 cm³/mol.